The van der Waals surface area contributed by atoms with Crippen LogP contribution in [0.25, 0.3) is 0 Å². The van der Waals surface area contributed by atoms with Gasteiger partial charge in [0, 0.05) is 11.8 Å². The molecule has 3 fully saturated rings. The van der Waals surface area contributed by atoms with Gasteiger partial charge in [-0.3, -0.25) is 19.2 Å². The Morgan fingerprint density at radius 3 is 1.26 bits per heavy atom. The van der Waals surface area contributed by atoms with E-state index in [2.05, 4.69) is 0 Å². The molecule has 164 valence electrons. The second kappa shape index (κ2) is 6.97. The maximum absolute atomic E-state index is 13.5. The number of nitrogens with zero attached hydrogens (tertiary/aromatic N) is 4. The first-order valence-electron chi connectivity index (χ1n) is 10.9. The van der Waals surface area contributed by atoms with Crippen LogP contribution in [0.4, 0.5) is 11.4 Å². The van der Waals surface area contributed by atoms with Crippen LogP contribution in [0.2, 0.25) is 0 Å². The number of hydrogen-bond donors (Lipinski definition) is 0. The summed E-state index contributed by atoms with van der Waals surface area (Å²) in [5.41, 5.74) is 1.29. The van der Waals surface area contributed by atoms with Gasteiger partial charge in [-0.25, -0.2) is 9.80 Å². The SMILES string of the molecule is N#Cc1cccc(N2C(=O)[C@@H]3C4C=CC([C@H]3C2=O)[C@@H]2C(=O)N(c3cccc(C#N)c3)C(=O)[C@@H]42)c1. The van der Waals surface area contributed by atoms with E-state index in [1.54, 1.807) is 48.6 Å². The summed E-state index contributed by atoms with van der Waals surface area (Å²) in [4.78, 5) is 56.2. The molecule has 2 bridgehead atoms. The first-order valence-corrected chi connectivity index (χ1v) is 10.9. The summed E-state index contributed by atoms with van der Waals surface area (Å²) in [6.07, 6.45) is 3.60. The average Bonchev–Trinajstić information content (AvgIpc) is 3.31. The number of hydrogen-bond acceptors (Lipinski definition) is 6. The van der Waals surface area contributed by atoms with Crippen molar-refractivity contribution in [2.24, 2.45) is 35.5 Å². The summed E-state index contributed by atoms with van der Waals surface area (Å²) in [5, 5.41) is 18.4. The molecular weight excluding hydrogens is 432 g/mol. The molecule has 3 aliphatic carbocycles. The highest BCUT2D eigenvalue weighted by Crippen LogP contribution is 2.58. The lowest BCUT2D eigenvalue weighted by Gasteiger charge is -2.44. The number of imide groups is 2. The van der Waals surface area contributed by atoms with Gasteiger partial charge >= 0.3 is 0 Å². The van der Waals surface area contributed by atoms with Crippen LogP contribution in [0.15, 0.2) is 60.7 Å². The normalized spacial score (nSPS) is 30.9. The third-order valence-corrected chi connectivity index (χ3v) is 7.48. The Labute approximate surface area is 194 Å². The zero-order valence-corrected chi connectivity index (χ0v) is 17.7. The first kappa shape index (κ1) is 20.1. The van der Waals surface area contributed by atoms with Crippen LogP contribution in [0, 0.1) is 58.2 Å². The second-order valence-electron chi connectivity index (χ2n) is 8.99. The molecule has 0 spiro atoms. The largest absolute Gasteiger partial charge is 0.274 e. The van der Waals surface area contributed by atoms with Gasteiger partial charge in [-0.05, 0) is 36.4 Å². The highest BCUT2D eigenvalue weighted by atomic mass is 16.2. The lowest BCUT2D eigenvalue weighted by atomic mass is 9.54. The van der Waals surface area contributed by atoms with Crippen LogP contribution in [0.1, 0.15) is 11.1 Å². The number of nitriles is 2. The van der Waals surface area contributed by atoms with Crippen LogP contribution in [0.5, 0.6) is 0 Å². The molecule has 2 heterocycles. The predicted octanol–water partition coefficient (Wildman–Crippen LogP) is 2.16. The van der Waals surface area contributed by atoms with Crippen molar-refractivity contribution in [2.45, 2.75) is 0 Å². The van der Waals surface area contributed by atoms with Gasteiger partial charge in [0.2, 0.25) is 23.6 Å². The first-order chi connectivity index (χ1) is 16.5. The summed E-state index contributed by atoms with van der Waals surface area (Å²) in [5.74, 6) is -5.76. The Morgan fingerprint density at radius 2 is 0.941 bits per heavy atom. The topological polar surface area (TPSA) is 122 Å². The van der Waals surface area contributed by atoms with Crippen LogP contribution < -0.4 is 9.80 Å². The van der Waals surface area contributed by atoms with Crippen molar-refractivity contribution in [3.05, 3.63) is 71.8 Å². The molecule has 5 aliphatic rings. The maximum Gasteiger partial charge on any atom is 0.238 e. The molecule has 0 N–H and O–H groups in total. The van der Waals surface area contributed by atoms with E-state index in [0.29, 0.717) is 22.5 Å². The van der Waals surface area contributed by atoms with Gasteiger partial charge in [0.05, 0.1) is 58.3 Å². The van der Waals surface area contributed by atoms with Crippen molar-refractivity contribution in [3.8, 4) is 12.1 Å². The zero-order valence-electron chi connectivity index (χ0n) is 17.7. The second-order valence-corrected chi connectivity index (χ2v) is 8.99. The Balaban J connectivity index is 1.40. The summed E-state index contributed by atoms with van der Waals surface area (Å²) >= 11 is 0. The lowest BCUT2D eigenvalue weighted by Crippen LogP contribution is -2.50. The average molecular weight is 448 g/mol. The molecular formula is C26H16N4O4. The number of carbonyl (C=O) groups is 4. The predicted molar refractivity (Wildman–Crippen MR) is 117 cm³/mol. The Hall–Kier alpha value is -4.56. The third kappa shape index (κ3) is 2.45. The Kier molecular flexibility index (Phi) is 4.11. The van der Waals surface area contributed by atoms with Crippen LogP contribution in [0.3, 0.4) is 0 Å². The van der Waals surface area contributed by atoms with Crippen molar-refractivity contribution in [3.63, 3.8) is 0 Å². The van der Waals surface area contributed by atoms with E-state index in [1.165, 1.54) is 12.1 Å². The molecule has 0 aromatic heterocycles. The fourth-order valence-electron chi connectivity index (χ4n) is 6.16. The van der Waals surface area contributed by atoms with E-state index in [4.69, 9.17) is 0 Å². The molecule has 6 atom stereocenters. The molecule has 2 aromatic carbocycles. The Bertz CT molecular complexity index is 1280. The quantitative estimate of drug-likeness (QED) is 0.513. The maximum atomic E-state index is 13.5. The van der Waals surface area contributed by atoms with Gasteiger partial charge in [-0.15, -0.1) is 0 Å². The summed E-state index contributed by atoms with van der Waals surface area (Å²) in [6.45, 7) is 0. The molecule has 8 heteroatoms. The van der Waals surface area contributed by atoms with Crippen molar-refractivity contribution in [1.82, 2.24) is 0 Å². The molecule has 2 saturated heterocycles. The lowest BCUT2D eigenvalue weighted by molar-refractivity contribution is -0.137. The van der Waals surface area contributed by atoms with E-state index < -0.39 is 59.1 Å². The number of rotatable bonds is 2. The molecule has 2 aromatic rings. The highest BCUT2D eigenvalue weighted by molar-refractivity contribution is 6.26. The number of benzene rings is 2. The minimum absolute atomic E-state index is 0.320. The smallest absolute Gasteiger partial charge is 0.238 e. The van der Waals surface area contributed by atoms with Crippen molar-refractivity contribution in [1.29, 1.82) is 10.5 Å². The fourth-order valence-corrected chi connectivity index (χ4v) is 6.16. The van der Waals surface area contributed by atoms with E-state index in [9.17, 15) is 29.7 Å². The van der Waals surface area contributed by atoms with Crippen molar-refractivity contribution < 1.29 is 19.2 Å². The molecule has 8 nitrogen and oxygen atoms in total. The third-order valence-electron chi connectivity index (χ3n) is 7.48. The summed E-state index contributed by atoms with van der Waals surface area (Å²) < 4.78 is 0. The standard InChI is InChI=1S/C26H16N4O4/c27-11-13-3-1-5-15(9-13)29-23(31)19-17-7-8-18(20(19)24(29)32)22-21(17)25(33)30(26(22)34)16-6-2-4-14(10-16)12-28/h1-10,17-22H/t17?,18?,19-,20-,21+,22+. The van der Waals surface area contributed by atoms with E-state index in [0.717, 1.165) is 9.80 Å². The minimum atomic E-state index is -0.739. The zero-order chi connectivity index (χ0) is 23.7. The van der Waals surface area contributed by atoms with Gasteiger partial charge in [0.25, 0.3) is 0 Å². The van der Waals surface area contributed by atoms with Gasteiger partial charge in [0.15, 0.2) is 0 Å². The molecule has 2 unspecified atom stereocenters. The van der Waals surface area contributed by atoms with Gasteiger partial charge in [0.1, 0.15) is 0 Å². The molecule has 34 heavy (non-hydrogen) atoms. The minimum Gasteiger partial charge on any atom is -0.274 e. The van der Waals surface area contributed by atoms with Crippen LogP contribution in [-0.2, 0) is 19.2 Å². The highest BCUT2D eigenvalue weighted by Gasteiger charge is 2.68. The van der Waals surface area contributed by atoms with Crippen LogP contribution >= 0.6 is 0 Å². The number of amides is 4. The van der Waals surface area contributed by atoms with Crippen molar-refractivity contribution >= 4 is 35.0 Å². The number of anilines is 2. The molecule has 1 saturated carbocycles. The van der Waals surface area contributed by atoms with Crippen molar-refractivity contribution in [2.75, 3.05) is 9.80 Å². The van der Waals surface area contributed by atoms with E-state index in [-0.39, 0.29) is 0 Å². The number of allylic oxidation sites excluding steroid dienone is 2. The van der Waals surface area contributed by atoms with E-state index >= 15 is 0 Å². The summed E-state index contributed by atoms with van der Waals surface area (Å²) in [7, 11) is 0. The molecule has 7 rings (SSSR count). The van der Waals surface area contributed by atoms with Gasteiger partial charge in [-0.1, -0.05) is 24.3 Å². The molecule has 2 aliphatic heterocycles. The Morgan fingerprint density at radius 1 is 0.588 bits per heavy atom. The van der Waals surface area contributed by atoms with Gasteiger partial charge in [-0.2, -0.15) is 10.5 Å². The molecule has 0 radical (unpaired) electrons. The van der Waals surface area contributed by atoms with Gasteiger partial charge < -0.3 is 0 Å². The fraction of sp³-hybridized carbons (Fsp3) is 0.231. The van der Waals surface area contributed by atoms with E-state index in [1.807, 2.05) is 12.1 Å². The monoisotopic (exact) mass is 448 g/mol. The summed E-state index contributed by atoms with van der Waals surface area (Å²) in [6, 6.07) is 16.6. The van der Waals surface area contributed by atoms with Crippen LogP contribution in [-0.4, -0.2) is 23.6 Å². The molecule has 4 amide bonds. The number of carbonyl (C=O) groups excluding carboxylic acids is 4.